The number of benzene rings is 1. The number of rotatable bonds is 3. The van der Waals surface area contributed by atoms with Crippen LogP contribution in [0.5, 0.6) is 5.75 Å². The number of ether oxygens (including phenoxy) is 1. The van der Waals surface area contributed by atoms with E-state index in [0.717, 1.165) is 0 Å². The quantitative estimate of drug-likeness (QED) is 0.606. The van der Waals surface area contributed by atoms with Crippen LogP contribution >= 0.6 is 15.9 Å². The number of hydrogen-bond donors (Lipinski definition) is 0. The minimum absolute atomic E-state index is 0.118. The summed E-state index contributed by atoms with van der Waals surface area (Å²) in [6.07, 6.45) is 0.637. The number of aldehydes is 1. The SMILES string of the molecule is COc1cc(Br)c(C=O)cc1N=O. The third-order valence-electron chi connectivity index (χ3n) is 1.52. The Labute approximate surface area is 83.0 Å². The molecule has 0 heterocycles. The summed E-state index contributed by atoms with van der Waals surface area (Å²) in [5, 5.41) is 2.74. The van der Waals surface area contributed by atoms with Crippen molar-refractivity contribution >= 4 is 27.9 Å². The van der Waals surface area contributed by atoms with Gasteiger partial charge in [-0.05, 0) is 33.2 Å². The zero-order valence-corrected chi connectivity index (χ0v) is 8.37. The summed E-state index contributed by atoms with van der Waals surface area (Å²) >= 11 is 3.16. The van der Waals surface area contributed by atoms with Gasteiger partial charge in [0.25, 0.3) is 0 Å². The Hall–Kier alpha value is -1.23. The Bertz CT molecular complexity index is 351. The predicted molar refractivity (Wildman–Crippen MR) is 51.5 cm³/mol. The van der Waals surface area contributed by atoms with Gasteiger partial charge in [0.05, 0.1) is 7.11 Å². The van der Waals surface area contributed by atoms with Gasteiger partial charge in [-0.3, -0.25) is 4.79 Å². The first kappa shape index (κ1) is 9.85. The lowest BCUT2D eigenvalue weighted by Crippen LogP contribution is -1.87. The van der Waals surface area contributed by atoms with Gasteiger partial charge in [-0.2, -0.15) is 0 Å². The Morgan fingerprint density at radius 1 is 1.54 bits per heavy atom. The molecule has 0 N–H and O–H groups in total. The molecule has 0 spiro atoms. The highest BCUT2D eigenvalue weighted by Gasteiger charge is 2.08. The van der Waals surface area contributed by atoms with E-state index in [-0.39, 0.29) is 5.69 Å². The first-order chi connectivity index (χ1) is 6.22. The number of nitrogens with zero attached hydrogens (tertiary/aromatic N) is 1. The van der Waals surface area contributed by atoms with Crippen molar-refractivity contribution in [2.75, 3.05) is 7.11 Å². The first-order valence-electron chi connectivity index (χ1n) is 3.39. The van der Waals surface area contributed by atoms with Crippen LogP contribution < -0.4 is 4.74 Å². The van der Waals surface area contributed by atoms with Crippen molar-refractivity contribution in [1.29, 1.82) is 0 Å². The Balaban J connectivity index is 3.34. The average Bonchev–Trinajstić information content (AvgIpc) is 2.17. The van der Waals surface area contributed by atoms with Crippen molar-refractivity contribution < 1.29 is 9.53 Å². The lowest BCUT2D eigenvalue weighted by atomic mass is 10.2. The van der Waals surface area contributed by atoms with Gasteiger partial charge >= 0.3 is 0 Å². The molecule has 13 heavy (non-hydrogen) atoms. The van der Waals surface area contributed by atoms with Crippen molar-refractivity contribution in [3.05, 3.63) is 27.1 Å². The van der Waals surface area contributed by atoms with Crippen LogP contribution in [0.2, 0.25) is 0 Å². The summed E-state index contributed by atoms with van der Waals surface area (Å²) in [5.74, 6) is 0.340. The first-order valence-corrected chi connectivity index (χ1v) is 4.18. The van der Waals surface area contributed by atoms with Crippen LogP contribution in [-0.2, 0) is 0 Å². The molecule has 0 fully saturated rings. The molecule has 0 aromatic heterocycles. The summed E-state index contributed by atoms with van der Waals surface area (Å²) < 4.78 is 5.45. The van der Waals surface area contributed by atoms with Gasteiger partial charge in [-0.25, -0.2) is 0 Å². The van der Waals surface area contributed by atoms with Crippen molar-refractivity contribution in [1.82, 2.24) is 0 Å². The molecule has 68 valence electrons. The molecule has 0 unspecified atom stereocenters. The van der Waals surface area contributed by atoms with Gasteiger partial charge in [-0.1, -0.05) is 0 Å². The zero-order valence-electron chi connectivity index (χ0n) is 6.78. The molecule has 0 aliphatic rings. The number of methoxy groups -OCH3 is 1. The van der Waals surface area contributed by atoms with Crippen LogP contribution in [0.4, 0.5) is 5.69 Å². The van der Waals surface area contributed by atoms with Gasteiger partial charge < -0.3 is 4.74 Å². The van der Waals surface area contributed by atoms with Crippen molar-refractivity contribution in [3.8, 4) is 5.75 Å². The summed E-state index contributed by atoms with van der Waals surface area (Å²) in [4.78, 5) is 20.8. The maximum atomic E-state index is 10.5. The van der Waals surface area contributed by atoms with E-state index in [1.807, 2.05) is 0 Å². The Kier molecular flexibility index (Phi) is 3.13. The average molecular weight is 244 g/mol. The van der Waals surface area contributed by atoms with E-state index >= 15 is 0 Å². The van der Waals surface area contributed by atoms with E-state index in [1.165, 1.54) is 19.2 Å². The molecule has 0 bridgehead atoms. The van der Waals surface area contributed by atoms with Gasteiger partial charge in [0, 0.05) is 10.0 Å². The van der Waals surface area contributed by atoms with Gasteiger partial charge in [0.1, 0.15) is 5.75 Å². The highest BCUT2D eigenvalue weighted by atomic mass is 79.9. The molecule has 0 radical (unpaired) electrons. The van der Waals surface area contributed by atoms with Crippen LogP contribution in [0.3, 0.4) is 0 Å². The van der Waals surface area contributed by atoms with Crippen LogP contribution in [-0.4, -0.2) is 13.4 Å². The standard InChI is InChI=1S/C8H6BrNO3/c1-13-8-3-6(9)5(4-11)2-7(8)10-12/h2-4H,1H3. The number of hydrogen-bond acceptors (Lipinski definition) is 4. The highest BCUT2D eigenvalue weighted by molar-refractivity contribution is 9.10. The molecule has 0 saturated carbocycles. The van der Waals surface area contributed by atoms with E-state index in [2.05, 4.69) is 21.1 Å². The van der Waals surface area contributed by atoms with Crippen molar-refractivity contribution in [2.45, 2.75) is 0 Å². The molecule has 1 aromatic rings. The summed E-state index contributed by atoms with van der Waals surface area (Å²) in [5.41, 5.74) is 0.489. The number of carbonyl (C=O) groups excluding carboxylic acids is 1. The minimum atomic E-state index is 0.118. The van der Waals surface area contributed by atoms with Crippen LogP contribution in [0.1, 0.15) is 10.4 Å². The molecule has 5 heteroatoms. The zero-order chi connectivity index (χ0) is 9.84. The lowest BCUT2D eigenvalue weighted by molar-refractivity contribution is 0.112. The summed E-state index contributed by atoms with van der Waals surface area (Å²) in [6, 6.07) is 2.89. The monoisotopic (exact) mass is 243 g/mol. The van der Waals surface area contributed by atoms with Crippen LogP contribution in [0, 0.1) is 4.91 Å². The Morgan fingerprint density at radius 3 is 2.69 bits per heavy atom. The highest BCUT2D eigenvalue weighted by Crippen LogP contribution is 2.32. The fourth-order valence-corrected chi connectivity index (χ4v) is 1.30. The fraction of sp³-hybridized carbons (Fsp3) is 0.125. The molecule has 1 aromatic carbocycles. The maximum Gasteiger partial charge on any atom is 0.151 e. The Morgan fingerprint density at radius 2 is 2.23 bits per heavy atom. The predicted octanol–water partition coefficient (Wildman–Crippen LogP) is 2.67. The molecular weight excluding hydrogens is 238 g/mol. The smallest absolute Gasteiger partial charge is 0.151 e. The van der Waals surface area contributed by atoms with Gasteiger partial charge in [0.2, 0.25) is 0 Å². The summed E-state index contributed by atoms with van der Waals surface area (Å²) in [6.45, 7) is 0. The maximum absolute atomic E-state index is 10.5. The van der Waals surface area contributed by atoms with E-state index < -0.39 is 0 Å². The van der Waals surface area contributed by atoms with Crippen LogP contribution in [0.25, 0.3) is 0 Å². The molecular formula is C8H6BrNO3. The van der Waals surface area contributed by atoms with E-state index in [4.69, 9.17) is 4.74 Å². The molecule has 0 aliphatic carbocycles. The summed E-state index contributed by atoms with van der Waals surface area (Å²) in [7, 11) is 1.43. The third kappa shape index (κ3) is 1.92. The molecule has 0 saturated heterocycles. The second kappa shape index (κ2) is 4.13. The number of nitroso groups, excluding NO2 is 1. The van der Waals surface area contributed by atoms with Crippen molar-refractivity contribution in [3.63, 3.8) is 0 Å². The van der Waals surface area contributed by atoms with Gasteiger partial charge in [-0.15, -0.1) is 4.91 Å². The fourth-order valence-electron chi connectivity index (χ4n) is 0.885. The van der Waals surface area contributed by atoms with Gasteiger partial charge in [0.15, 0.2) is 12.0 Å². The molecule has 4 nitrogen and oxygen atoms in total. The second-order valence-corrected chi connectivity index (χ2v) is 3.11. The lowest BCUT2D eigenvalue weighted by Gasteiger charge is -2.03. The molecule has 1 rings (SSSR count). The van der Waals surface area contributed by atoms with E-state index in [9.17, 15) is 9.70 Å². The normalized spacial score (nSPS) is 9.38. The largest absolute Gasteiger partial charge is 0.494 e. The molecule has 0 atom stereocenters. The number of carbonyl (C=O) groups is 1. The molecule has 0 amide bonds. The second-order valence-electron chi connectivity index (χ2n) is 2.25. The topological polar surface area (TPSA) is 55.7 Å². The third-order valence-corrected chi connectivity index (χ3v) is 2.21. The van der Waals surface area contributed by atoms with E-state index in [1.54, 1.807) is 0 Å². The van der Waals surface area contributed by atoms with E-state index in [0.29, 0.717) is 22.1 Å². The minimum Gasteiger partial charge on any atom is -0.494 e. The molecule has 0 aliphatic heterocycles. The van der Waals surface area contributed by atoms with Crippen molar-refractivity contribution in [2.24, 2.45) is 5.18 Å². The number of halogens is 1. The van der Waals surface area contributed by atoms with Crippen LogP contribution in [0.15, 0.2) is 21.8 Å².